The first kappa shape index (κ1) is 16.3. The maximum Gasteiger partial charge on any atom is 0.0637 e. The molecule has 2 N–H and O–H groups in total. The van der Waals surface area contributed by atoms with Crippen molar-refractivity contribution >= 4 is 5.69 Å². The van der Waals surface area contributed by atoms with Crippen LogP contribution in [0.25, 0.3) is 0 Å². The van der Waals surface area contributed by atoms with E-state index in [4.69, 9.17) is 0 Å². The lowest BCUT2D eigenvalue weighted by atomic mass is 9.98. The van der Waals surface area contributed by atoms with Crippen LogP contribution in [0.2, 0.25) is 0 Å². The van der Waals surface area contributed by atoms with Gasteiger partial charge in [-0.1, -0.05) is 12.1 Å². The monoisotopic (exact) mass is 290 g/mol. The SMILES string of the molecule is CC1(O)CCCN(c2ccc(CNC(C)(C)C)cc2)CC1. The van der Waals surface area contributed by atoms with Gasteiger partial charge >= 0.3 is 0 Å². The molecule has 0 spiro atoms. The summed E-state index contributed by atoms with van der Waals surface area (Å²) >= 11 is 0. The molecule has 1 atom stereocenters. The average molecular weight is 290 g/mol. The van der Waals surface area contributed by atoms with Crippen LogP contribution in [0.4, 0.5) is 5.69 Å². The highest BCUT2D eigenvalue weighted by atomic mass is 16.3. The Hall–Kier alpha value is -1.06. The number of benzene rings is 1. The molecule has 1 aliphatic heterocycles. The lowest BCUT2D eigenvalue weighted by Crippen LogP contribution is -2.35. The van der Waals surface area contributed by atoms with Crippen molar-refractivity contribution in [3.8, 4) is 0 Å². The Morgan fingerprint density at radius 3 is 2.43 bits per heavy atom. The number of nitrogens with zero attached hydrogens (tertiary/aromatic N) is 1. The molecule has 2 rings (SSSR count). The zero-order valence-corrected chi connectivity index (χ0v) is 13.9. The van der Waals surface area contributed by atoms with Crippen LogP contribution in [-0.2, 0) is 6.54 Å². The molecule has 1 fully saturated rings. The highest BCUT2D eigenvalue weighted by Crippen LogP contribution is 2.25. The predicted molar refractivity (Wildman–Crippen MR) is 89.7 cm³/mol. The van der Waals surface area contributed by atoms with Gasteiger partial charge in [0.1, 0.15) is 0 Å². The van der Waals surface area contributed by atoms with Crippen LogP contribution in [0.3, 0.4) is 0 Å². The maximum atomic E-state index is 10.2. The van der Waals surface area contributed by atoms with Gasteiger partial charge in [0.2, 0.25) is 0 Å². The summed E-state index contributed by atoms with van der Waals surface area (Å²) in [7, 11) is 0. The summed E-state index contributed by atoms with van der Waals surface area (Å²) in [6.07, 6.45) is 2.80. The summed E-state index contributed by atoms with van der Waals surface area (Å²) in [6.45, 7) is 11.4. The van der Waals surface area contributed by atoms with Crippen LogP contribution in [0, 0.1) is 0 Å². The van der Waals surface area contributed by atoms with Gasteiger partial charge in [-0.2, -0.15) is 0 Å². The molecular formula is C18H30N2O. The standard InChI is InChI=1S/C18H30N2O/c1-17(2,3)19-14-15-6-8-16(9-7-15)20-12-5-10-18(4,21)11-13-20/h6-9,19,21H,5,10-14H2,1-4H3. The summed E-state index contributed by atoms with van der Waals surface area (Å²) in [6, 6.07) is 8.83. The average Bonchev–Trinajstić information content (AvgIpc) is 2.57. The third-order valence-corrected chi connectivity index (χ3v) is 4.19. The van der Waals surface area contributed by atoms with Crippen LogP contribution in [-0.4, -0.2) is 29.3 Å². The Kier molecular flexibility index (Phi) is 4.95. The van der Waals surface area contributed by atoms with Gasteiger partial charge in [-0.25, -0.2) is 0 Å². The molecule has 118 valence electrons. The number of aliphatic hydroxyl groups is 1. The summed E-state index contributed by atoms with van der Waals surface area (Å²) in [5.41, 5.74) is 2.24. The first-order valence-electron chi connectivity index (χ1n) is 8.07. The third-order valence-electron chi connectivity index (χ3n) is 4.19. The van der Waals surface area contributed by atoms with Gasteiger partial charge in [0.05, 0.1) is 5.60 Å². The second-order valence-corrected chi connectivity index (χ2v) is 7.61. The number of nitrogens with one attached hydrogen (secondary N) is 1. The molecule has 3 nitrogen and oxygen atoms in total. The van der Waals surface area contributed by atoms with Gasteiger partial charge < -0.3 is 15.3 Å². The molecule has 0 radical (unpaired) electrons. The van der Waals surface area contributed by atoms with Crippen LogP contribution >= 0.6 is 0 Å². The van der Waals surface area contributed by atoms with Crippen molar-refractivity contribution in [3.63, 3.8) is 0 Å². The first-order chi connectivity index (χ1) is 9.75. The largest absolute Gasteiger partial charge is 0.390 e. The second-order valence-electron chi connectivity index (χ2n) is 7.61. The summed E-state index contributed by atoms with van der Waals surface area (Å²) in [5, 5.41) is 13.7. The van der Waals surface area contributed by atoms with Crippen LogP contribution in [0.5, 0.6) is 0 Å². The Balaban J connectivity index is 1.95. The molecule has 0 aromatic heterocycles. The topological polar surface area (TPSA) is 35.5 Å². The molecule has 3 heteroatoms. The van der Waals surface area contributed by atoms with Gasteiger partial charge in [-0.3, -0.25) is 0 Å². The molecule has 1 saturated heterocycles. The van der Waals surface area contributed by atoms with E-state index < -0.39 is 5.60 Å². The van der Waals surface area contributed by atoms with E-state index in [-0.39, 0.29) is 5.54 Å². The van der Waals surface area contributed by atoms with Crippen LogP contribution < -0.4 is 10.2 Å². The first-order valence-corrected chi connectivity index (χ1v) is 8.07. The number of anilines is 1. The minimum absolute atomic E-state index is 0.148. The van der Waals surface area contributed by atoms with E-state index in [9.17, 15) is 5.11 Å². The van der Waals surface area contributed by atoms with Crippen molar-refractivity contribution < 1.29 is 5.11 Å². The second kappa shape index (κ2) is 6.37. The minimum atomic E-state index is -0.495. The zero-order valence-electron chi connectivity index (χ0n) is 13.9. The molecule has 1 aliphatic rings. The van der Waals surface area contributed by atoms with Crippen molar-refractivity contribution in [2.24, 2.45) is 0 Å². The van der Waals surface area contributed by atoms with E-state index >= 15 is 0 Å². The fourth-order valence-electron chi connectivity index (χ4n) is 2.71. The Bertz CT molecular complexity index is 445. The van der Waals surface area contributed by atoms with E-state index in [0.29, 0.717) is 0 Å². The molecule has 1 aromatic carbocycles. The molecular weight excluding hydrogens is 260 g/mol. The summed E-state index contributed by atoms with van der Waals surface area (Å²) < 4.78 is 0. The summed E-state index contributed by atoms with van der Waals surface area (Å²) in [4.78, 5) is 2.39. The molecule has 21 heavy (non-hydrogen) atoms. The number of hydrogen-bond acceptors (Lipinski definition) is 3. The minimum Gasteiger partial charge on any atom is -0.390 e. The lowest BCUT2D eigenvalue weighted by molar-refractivity contribution is 0.0481. The molecule has 1 heterocycles. The zero-order chi connectivity index (χ0) is 15.5. The van der Waals surface area contributed by atoms with E-state index in [0.717, 1.165) is 38.9 Å². The highest BCUT2D eigenvalue weighted by molar-refractivity contribution is 5.47. The van der Waals surface area contributed by atoms with Gasteiger partial charge in [0, 0.05) is 30.9 Å². The fraction of sp³-hybridized carbons (Fsp3) is 0.667. The fourth-order valence-corrected chi connectivity index (χ4v) is 2.71. The molecule has 0 aliphatic carbocycles. The van der Waals surface area contributed by atoms with Crippen molar-refractivity contribution in [1.82, 2.24) is 5.32 Å². The van der Waals surface area contributed by atoms with E-state index in [1.165, 1.54) is 11.3 Å². The van der Waals surface area contributed by atoms with Crippen molar-refractivity contribution in [2.75, 3.05) is 18.0 Å². The predicted octanol–water partition coefficient (Wildman–Crippen LogP) is 3.32. The van der Waals surface area contributed by atoms with E-state index in [2.05, 4.69) is 55.3 Å². The lowest BCUT2D eigenvalue weighted by Gasteiger charge is -2.25. The number of rotatable bonds is 3. The quantitative estimate of drug-likeness (QED) is 0.896. The van der Waals surface area contributed by atoms with Gasteiger partial charge in [-0.05, 0) is 64.7 Å². The van der Waals surface area contributed by atoms with Crippen molar-refractivity contribution in [1.29, 1.82) is 0 Å². The third kappa shape index (κ3) is 5.33. The van der Waals surface area contributed by atoms with E-state index in [1.807, 2.05) is 6.92 Å². The molecule has 1 unspecified atom stereocenters. The Morgan fingerprint density at radius 1 is 1.14 bits per heavy atom. The van der Waals surface area contributed by atoms with Gasteiger partial charge in [-0.15, -0.1) is 0 Å². The molecule has 0 amide bonds. The van der Waals surface area contributed by atoms with Crippen molar-refractivity contribution in [3.05, 3.63) is 29.8 Å². The van der Waals surface area contributed by atoms with E-state index in [1.54, 1.807) is 0 Å². The Morgan fingerprint density at radius 2 is 1.81 bits per heavy atom. The molecule has 0 saturated carbocycles. The smallest absolute Gasteiger partial charge is 0.0637 e. The van der Waals surface area contributed by atoms with Crippen LogP contribution in [0.15, 0.2) is 24.3 Å². The summed E-state index contributed by atoms with van der Waals surface area (Å²) in [5.74, 6) is 0. The van der Waals surface area contributed by atoms with Gasteiger partial charge in [0.15, 0.2) is 0 Å². The van der Waals surface area contributed by atoms with Crippen molar-refractivity contribution in [2.45, 2.75) is 64.6 Å². The molecule has 0 bridgehead atoms. The maximum absolute atomic E-state index is 10.2. The van der Waals surface area contributed by atoms with Gasteiger partial charge in [0.25, 0.3) is 0 Å². The Labute approximate surface area is 129 Å². The van der Waals surface area contributed by atoms with Crippen LogP contribution in [0.1, 0.15) is 52.5 Å². The number of hydrogen-bond donors (Lipinski definition) is 2. The highest BCUT2D eigenvalue weighted by Gasteiger charge is 2.24. The normalized spacial score (nSPS) is 24.0. The molecule has 1 aromatic rings.